The second-order valence-electron chi connectivity index (χ2n) is 6.27. The maximum atomic E-state index is 12.7. The van der Waals surface area contributed by atoms with Crippen LogP contribution in [-0.4, -0.2) is 91.4 Å². The fourth-order valence-electron chi connectivity index (χ4n) is 3.14. The van der Waals surface area contributed by atoms with Gasteiger partial charge in [-0.15, -0.1) is 0 Å². The fraction of sp³-hybridized carbons (Fsp3) is 0.800. The number of primary amides is 1. The summed E-state index contributed by atoms with van der Waals surface area (Å²) in [6.45, 7) is 5.23. The number of hydrogen-bond donors (Lipinski definition) is 1. The predicted octanol–water partition coefficient (Wildman–Crippen LogP) is -1.50. The van der Waals surface area contributed by atoms with E-state index in [0.29, 0.717) is 32.8 Å². The topological polar surface area (TPSA) is 96.2 Å². The van der Waals surface area contributed by atoms with Gasteiger partial charge in [0, 0.05) is 39.1 Å². The summed E-state index contributed by atoms with van der Waals surface area (Å²) in [5.74, 6) is -1.16. The van der Waals surface area contributed by atoms with E-state index in [2.05, 4.69) is 4.90 Å². The van der Waals surface area contributed by atoms with Gasteiger partial charge in [-0.2, -0.15) is 0 Å². The predicted molar refractivity (Wildman–Crippen MR) is 83.4 cm³/mol. The number of likely N-dealkylation sites (N-methyl/N-ethyl adjacent to an activating group) is 1. The molecule has 2 fully saturated rings. The Labute approximate surface area is 136 Å². The van der Waals surface area contributed by atoms with Crippen LogP contribution in [0.15, 0.2) is 0 Å². The van der Waals surface area contributed by atoms with Crippen molar-refractivity contribution in [2.45, 2.75) is 19.4 Å². The molecule has 0 radical (unpaired) electrons. The first-order valence-corrected chi connectivity index (χ1v) is 8.05. The Morgan fingerprint density at radius 2 is 2.13 bits per heavy atom. The van der Waals surface area contributed by atoms with Crippen LogP contribution in [0.4, 0.5) is 0 Å². The molecule has 0 saturated carbocycles. The number of nitrogens with two attached hydrogens (primary N) is 1. The first-order valence-electron chi connectivity index (χ1n) is 8.05. The van der Waals surface area contributed by atoms with Crippen molar-refractivity contribution in [2.24, 2.45) is 11.7 Å². The van der Waals surface area contributed by atoms with E-state index < -0.39 is 11.8 Å². The minimum atomic E-state index is -0.556. The minimum absolute atomic E-state index is 0.0153. The quantitative estimate of drug-likeness (QED) is 0.641. The molecule has 2 aliphatic heterocycles. The molecule has 0 aromatic heterocycles. The van der Waals surface area contributed by atoms with Crippen LogP contribution in [-0.2, 0) is 19.1 Å². The number of nitrogens with zero attached hydrogens (tertiary/aromatic N) is 3. The molecular formula is C15H26N4O4. The smallest absolute Gasteiger partial charge is 0.237 e. The molecule has 2 saturated heterocycles. The van der Waals surface area contributed by atoms with E-state index >= 15 is 0 Å². The summed E-state index contributed by atoms with van der Waals surface area (Å²) in [6, 6.07) is 0. The average molecular weight is 326 g/mol. The van der Waals surface area contributed by atoms with E-state index in [1.54, 1.807) is 4.90 Å². The molecule has 8 heteroatoms. The van der Waals surface area contributed by atoms with Crippen molar-refractivity contribution in [3.63, 3.8) is 0 Å². The van der Waals surface area contributed by atoms with Gasteiger partial charge in [-0.3, -0.25) is 14.4 Å². The third kappa shape index (κ3) is 4.65. The molecule has 0 aromatic carbocycles. The van der Waals surface area contributed by atoms with Crippen LogP contribution in [0.25, 0.3) is 0 Å². The number of ether oxygens (including phenoxy) is 1. The van der Waals surface area contributed by atoms with E-state index in [9.17, 15) is 14.4 Å². The van der Waals surface area contributed by atoms with Gasteiger partial charge in [0.1, 0.15) is 0 Å². The molecule has 3 amide bonds. The maximum Gasteiger partial charge on any atom is 0.237 e. The highest BCUT2D eigenvalue weighted by Gasteiger charge is 2.37. The Hall–Kier alpha value is -1.67. The van der Waals surface area contributed by atoms with Gasteiger partial charge in [0.15, 0.2) is 0 Å². The summed E-state index contributed by atoms with van der Waals surface area (Å²) < 4.78 is 5.67. The van der Waals surface area contributed by atoms with E-state index in [1.807, 2.05) is 14.0 Å². The molecule has 2 rings (SSSR count). The van der Waals surface area contributed by atoms with Crippen LogP contribution in [0.5, 0.6) is 0 Å². The molecule has 2 N–H and O–H groups in total. The van der Waals surface area contributed by atoms with Crippen LogP contribution < -0.4 is 5.73 Å². The summed E-state index contributed by atoms with van der Waals surface area (Å²) in [4.78, 5) is 41.1. The molecular weight excluding hydrogens is 300 g/mol. The zero-order valence-electron chi connectivity index (χ0n) is 13.9. The molecule has 2 atom stereocenters. The minimum Gasteiger partial charge on any atom is -0.374 e. The maximum absolute atomic E-state index is 12.7. The van der Waals surface area contributed by atoms with Crippen LogP contribution in [0, 0.1) is 5.92 Å². The second-order valence-corrected chi connectivity index (χ2v) is 6.27. The second kappa shape index (κ2) is 7.74. The fourth-order valence-corrected chi connectivity index (χ4v) is 3.14. The molecule has 0 bridgehead atoms. The van der Waals surface area contributed by atoms with Gasteiger partial charge >= 0.3 is 0 Å². The lowest BCUT2D eigenvalue weighted by molar-refractivity contribution is -0.141. The molecule has 0 aromatic rings. The number of morpholine rings is 1. The third-order valence-corrected chi connectivity index (χ3v) is 4.37. The first-order chi connectivity index (χ1) is 10.9. The number of hydrogen-bond acceptors (Lipinski definition) is 5. The Kier molecular flexibility index (Phi) is 5.95. The van der Waals surface area contributed by atoms with Crippen molar-refractivity contribution in [1.82, 2.24) is 14.7 Å². The third-order valence-electron chi connectivity index (χ3n) is 4.37. The van der Waals surface area contributed by atoms with Crippen molar-refractivity contribution in [2.75, 3.05) is 52.9 Å². The molecule has 0 unspecified atom stereocenters. The Morgan fingerprint density at radius 3 is 2.70 bits per heavy atom. The average Bonchev–Trinajstić information content (AvgIpc) is 2.86. The van der Waals surface area contributed by atoms with Crippen LogP contribution in [0.2, 0.25) is 0 Å². The summed E-state index contributed by atoms with van der Waals surface area (Å²) in [5.41, 5.74) is 5.28. The first kappa shape index (κ1) is 17.7. The number of likely N-dealkylation sites (tertiary alicyclic amines) is 1. The van der Waals surface area contributed by atoms with E-state index in [0.717, 1.165) is 6.54 Å². The Bertz CT molecular complexity index is 470. The number of rotatable bonds is 6. The molecule has 0 aliphatic carbocycles. The monoisotopic (exact) mass is 326 g/mol. The molecule has 8 nitrogen and oxygen atoms in total. The van der Waals surface area contributed by atoms with Gasteiger partial charge in [-0.05, 0) is 14.0 Å². The summed E-state index contributed by atoms with van der Waals surface area (Å²) in [6.07, 6.45) is 0.0596. The molecule has 2 aliphatic rings. The van der Waals surface area contributed by atoms with Gasteiger partial charge in [-0.1, -0.05) is 0 Å². The standard InChI is InChI=1S/C15H26N4O4/c1-3-18-7-11(6-14(18)21)15(22)19(10-13(16)20)9-12-8-17(2)4-5-23-12/h11-12H,3-10H2,1-2H3,(H2,16,20)/t11-,12-/m0/s1. The zero-order valence-corrected chi connectivity index (χ0v) is 13.9. The number of amides is 3. The zero-order chi connectivity index (χ0) is 17.0. The Balaban J connectivity index is 2.01. The van der Waals surface area contributed by atoms with Gasteiger partial charge in [0.25, 0.3) is 0 Å². The largest absolute Gasteiger partial charge is 0.374 e. The van der Waals surface area contributed by atoms with Gasteiger partial charge in [0.2, 0.25) is 17.7 Å². The van der Waals surface area contributed by atoms with Crippen LogP contribution >= 0.6 is 0 Å². The molecule has 23 heavy (non-hydrogen) atoms. The molecule has 0 spiro atoms. The normalized spacial score (nSPS) is 25.7. The number of carbonyl (C=O) groups excluding carboxylic acids is 3. The molecule has 2 heterocycles. The van der Waals surface area contributed by atoms with E-state index in [1.165, 1.54) is 4.90 Å². The van der Waals surface area contributed by atoms with Crippen molar-refractivity contribution >= 4 is 17.7 Å². The van der Waals surface area contributed by atoms with Crippen molar-refractivity contribution in [3.8, 4) is 0 Å². The van der Waals surface area contributed by atoms with Gasteiger partial charge < -0.3 is 25.2 Å². The lowest BCUT2D eigenvalue weighted by atomic mass is 10.1. The SMILES string of the molecule is CCN1C[C@@H](C(=O)N(CC(N)=O)C[C@@H]2CN(C)CCO2)CC1=O. The van der Waals surface area contributed by atoms with Crippen LogP contribution in [0.1, 0.15) is 13.3 Å². The van der Waals surface area contributed by atoms with Crippen molar-refractivity contribution < 1.29 is 19.1 Å². The van der Waals surface area contributed by atoms with Gasteiger partial charge in [0.05, 0.1) is 25.2 Å². The molecule has 130 valence electrons. The lowest BCUT2D eigenvalue weighted by Gasteiger charge is -2.34. The van der Waals surface area contributed by atoms with E-state index in [-0.39, 0.29) is 30.9 Å². The highest BCUT2D eigenvalue weighted by Crippen LogP contribution is 2.20. The van der Waals surface area contributed by atoms with Crippen molar-refractivity contribution in [3.05, 3.63) is 0 Å². The van der Waals surface area contributed by atoms with Crippen LogP contribution in [0.3, 0.4) is 0 Å². The van der Waals surface area contributed by atoms with Crippen molar-refractivity contribution in [1.29, 1.82) is 0 Å². The Morgan fingerprint density at radius 1 is 1.39 bits per heavy atom. The highest BCUT2D eigenvalue weighted by atomic mass is 16.5. The van der Waals surface area contributed by atoms with Gasteiger partial charge in [-0.25, -0.2) is 0 Å². The lowest BCUT2D eigenvalue weighted by Crippen LogP contribution is -2.50. The summed E-state index contributed by atoms with van der Waals surface area (Å²) in [7, 11) is 1.99. The van der Waals surface area contributed by atoms with E-state index in [4.69, 9.17) is 10.5 Å². The number of carbonyl (C=O) groups is 3. The summed E-state index contributed by atoms with van der Waals surface area (Å²) in [5, 5.41) is 0. The highest BCUT2D eigenvalue weighted by molar-refractivity contribution is 5.91. The summed E-state index contributed by atoms with van der Waals surface area (Å²) >= 11 is 0.